The maximum Gasteiger partial charge on any atom is 0.270 e. The van der Waals surface area contributed by atoms with Crippen LogP contribution in [-0.2, 0) is 0 Å². The van der Waals surface area contributed by atoms with Gasteiger partial charge < -0.3 is 4.74 Å². The molecule has 0 amide bonds. The van der Waals surface area contributed by atoms with E-state index in [1.54, 1.807) is 0 Å². The predicted molar refractivity (Wildman–Crippen MR) is 77.0 cm³/mol. The summed E-state index contributed by atoms with van der Waals surface area (Å²) < 4.78 is 18.5. The van der Waals surface area contributed by atoms with E-state index in [0.717, 1.165) is 0 Å². The molecule has 0 atom stereocenters. The minimum Gasteiger partial charge on any atom is -0.485 e. The highest BCUT2D eigenvalue weighted by atomic mass is 79.9. The van der Waals surface area contributed by atoms with E-state index in [4.69, 9.17) is 4.74 Å². The average molecular weight is 354 g/mol. The largest absolute Gasteiger partial charge is 0.485 e. The summed E-state index contributed by atoms with van der Waals surface area (Å²) in [5.74, 6) is -0.520. The quantitative estimate of drug-likeness (QED) is 0.466. The summed E-state index contributed by atoms with van der Waals surface area (Å²) in [6, 6.07) is 9.38. The van der Waals surface area contributed by atoms with Gasteiger partial charge in [0.05, 0.1) is 9.40 Å². The van der Waals surface area contributed by atoms with Crippen LogP contribution in [0.1, 0.15) is 10.4 Å². The van der Waals surface area contributed by atoms with Gasteiger partial charge in [-0.1, -0.05) is 12.1 Å². The van der Waals surface area contributed by atoms with Crippen molar-refractivity contribution in [2.75, 3.05) is 6.61 Å². The van der Waals surface area contributed by atoms with Crippen LogP contribution in [0, 0.1) is 15.9 Å². The van der Waals surface area contributed by atoms with Crippen LogP contribution in [0.25, 0.3) is 0 Å². The summed E-state index contributed by atoms with van der Waals surface area (Å²) in [5, 5.41) is 10.6. The van der Waals surface area contributed by atoms with Gasteiger partial charge >= 0.3 is 0 Å². The van der Waals surface area contributed by atoms with Crippen LogP contribution in [0.15, 0.2) is 46.9 Å². The number of ketones is 1. The first-order valence-corrected chi connectivity index (χ1v) is 6.62. The molecule has 0 radical (unpaired) electrons. The van der Waals surface area contributed by atoms with Crippen LogP contribution in [0.4, 0.5) is 10.1 Å². The Bertz CT molecular complexity index is 705. The van der Waals surface area contributed by atoms with Gasteiger partial charge in [0.25, 0.3) is 5.69 Å². The minimum absolute atomic E-state index is 0.162. The molecule has 108 valence electrons. The summed E-state index contributed by atoms with van der Waals surface area (Å²) in [6.45, 7) is -0.292. The highest BCUT2D eigenvalue weighted by Crippen LogP contribution is 2.22. The molecule has 0 spiro atoms. The average Bonchev–Trinajstić information content (AvgIpc) is 2.48. The van der Waals surface area contributed by atoms with Gasteiger partial charge in [-0.25, -0.2) is 4.39 Å². The number of Topliss-reactive ketones (excluding diaryl/α,β-unsaturated/α-hetero) is 1. The number of halogens is 2. The fraction of sp³-hybridized carbons (Fsp3) is 0.0714. The number of non-ortho nitro benzene ring substituents is 1. The van der Waals surface area contributed by atoms with E-state index in [2.05, 4.69) is 15.9 Å². The van der Waals surface area contributed by atoms with Crippen molar-refractivity contribution < 1.29 is 18.8 Å². The van der Waals surface area contributed by atoms with Gasteiger partial charge in [-0.3, -0.25) is 14.9 Å². The lowest BCUT2D eigenvalue weighted by molar-refractivity contribution is -0.384. The number of ether oxygens (including phenoxy) is 1. The summed E-state index contributed by atoms with van der Waals surface area (Å²) in [4.78, 5) is 22.0. The Morgan fingerprint density at radius 1 is 1.29 bits per heavy atom. The number of hydrogen-bond acceptors (Lipinski definition) is 4. The Labute approximate surface area is 127 Å². The molecular formula is C14H9BrFNO4. The molecule has 0 saturated carbocycles. The zero-order valence-electron chi connectivity index (χ0n) is 10.6. The van der Waals surface area contributed by atoms with E-state index >= 15 is 0 Å². The van der Waals surface area contributed by atoms with Gasteiger partial charge in [-0.15, -0.1) is 0 Å². The first-order valence-electron chi connectivity index (χ1n) is 5.83. The van der Waals surface area contributed by atoms with Crippen LogP contribution in [0.2, 0.25) is 0 Å². The standard InChI is InChI=1S/C14H9BrFNO4/c15-12-7-11(4-5-13(12)16)21-8-14(18)9-2-1-3-10(6-9)17(19)20/h1-7H,8H2. The normalized spacial score (nSPS) is 10.2. The van der Waals surface area contributed by atoms with Gasteiger partial charge in [0.15, 0.2) is 12.4 Å². The number of hydrogen-bond donors (Lipinski definition) is 0. The van der Waals surface area contributed by atoms with Crippen LogP contribution in [0.5, 0.6) is 5.75 Å². The molecule has 21 heavy (non-hydrogen) atoms. The summed E-state index contributed by atoms with van der Waals surface area (Å²) in [5.41, 5.74) is 0.0238. The molecule has 0 fully saturated rings. The Morgan fingerprint density at radius 2 is 2.05 bits per heavy atom. The molecule has 0 saturated heterocycles. The molecule has 0 N–H and O–H groups in total. The third-order valence-corrected chi connectivity index (χ3v) is 3.25. The molecule has 0 aliphatic carbocycles. The fourth-order valence-electron chi connectivity index (χ4n) is 1.59. The second kappa shape index (κ2) is 6.45. The zero-order valence-corrected chi connectivity index (χ0v) is 12.2. The van der Waals surface area contributed by atoms with Gasteiger partial charge in [0.2, 0.25) is 0 Å². The van der Waals surface area contributed by atoms with Crippen molar-refractivity contribution in [1.29, 1.82) is 0 Å². The maximum absolute atomic E-state index is 13.0. The molecule has 2 rings (SSSR count). The predicted octanol–water partition coefficient (Wildman–Crippen LogP) is 3.76. The van der Waals surface area contributed by atoms with E-state index in [0.29, 0.717) is 5.75 Å². The van der Waals surface area contributed by atoms with Crippen molar-refractivity contribution >= 4 is 27.4 Å². The van der Waals surface area contributed by atoms with E-state index in [1.807, 2.05) is 0 Å². The van der Waals surface area contributed by atoms with E-state index < -0.39 is 16.5 Å². The van der Waals surface area contributed by atoms with Crippen LogP contribution in [0.3, 0.4) is 0 Å². The first kappa shape index (κ1) is 15.1. The molecule has 0 unspecified atom stereocenters. The van der Waals surface area contributed by atoms with Crippen LogP contribution < -0.4 is 4.74 Å². The van der Waals surface area contributed by atoms with Crippen molar-refractivity contribution in [3.05, 3.63) is 68.4 Å². The SMILES string of the molecule is O=C(COc1ccc(F)c(Br)c1)c1cccc([N+](=O)[O-])c1. The second-order valence-electron chi connectivity index (χ2n) is 4.10. The van der Waals surface area contributed by atoms with E-state index in [1.165, 1.54) is 42.5 Å². The van der Waals surface area contributed by atoms with Crippen molar-refractivity contribution in [2.45, 2.75) is 0 Å². The second-order valence-corrected chi connectivity index (χ2v) is 4.95. The lowest BCUT2D eigenvalue weighted by Crippen LogP contribution is -2.11. The van der Waals surface area contributed by atoms with Crippen molar-refractivity contribution in [2.24, 2.45) is 0 Å². The van der Waals surface area contributed by atoms with Gasteiger partial charge in [-0.05, 0) is 34.1 Å². The number of nitro benzene ring substituents is 1. The lowest BCUT2D eigenvalue weighted by Gasteiger charge is -2.06. The van der Waals surface area contributed by atoms with Gasteiger partial charge in [0.1, 0.15) is 11.6 Å². The topological polar surface area (TPSA) is 69.4 Å². The molecule has 0 heterocycles. The Morgan fingerprint density at radius 3 is 2.71 bits per heavy atom. The van der Waals surface area contributed by atoms with Crippen molar-refractivity contribution in [3.63, 3.8) is 0 Å². The van der Waals surface area contributed by atoms with Crippen molar-refractivity contribution in [1.82, 2.24) is 0 Å². The summed E-state index contributed by atoms with van der Waals surface area (Å²) in [6.07, 6.45) is 0. The molecule has 2 aromatic carbocycles. The number of nitro groups is 1. The lowest BCUT2D eigenvalue weighted by atomic mass is 10.1. The Hall–Kier alpha value is -2.28. The summed E-state index contributed by atoms with van der Waals surface area (Å²) in [7, 11) is 0. The fourth-order valence-corrected chi connectivity index (χ4v) is 1.95. The van der Waals surface area contributed by atoms with Crippen molar-refractivity contribution in [3.8, 4) is 5.75 Å². The molecule has 2 aromatic rings. The first-order chi connectivity index (χ1) is 9.97. The Kier molecular flexibility index (Phi) is 4.64. The molecule has 0 bridgehead atoms. The number of nitrogens with zero attached hydrogens (tertiary/aromatic N) is 1. The van der Waals surface area contributed by atoms with Crippen LogP contribution in [-0.4, -0.2) is 17.3 Å². The molecule has 7 heteroatoms. The summed E-state index contributed by atoms with van der Waals surface area (Å²) >= 11 is 3.01. The zero-order chi connectivity index (χ0) is 15.4. The molecule has 0 aliphatic rings. The number of carbonyl (C=O) groups excluding carboxylic acids is 1. The number of benzene rings is 2. The monoisotopic (exact) mass is 353 g/mol. The highest BCUT2D eigenvalue weighted by Gasteiger charge is 2.12. The minimum atomic E-state index is -0.575. The van der Waals surface area contributed by atoms with Gasteiger partial charge in [0, 0.05) is 17.7 Å². The molecule has 5 nitrogen and oxygen atoms in total. The van der Waals surface area contributed by atoms with Crippen LogP contribution >= 0.6 is 15.9 Å². The van der Waals surface area contributed by atoms with Gasteiger partial charge in [-0.2, -0.15) is 0 Å². The number of rotatable bonds is 5. The molecular weight excluding hydrogens is 345 g/mol. The highest BCUT2D eigenvalue weighted by molar-refractivity contribution is 9.10. The third-order valence-electron chi connectivity index (χ3n) is 2.64. The molecule has 0 aromatic heterocycles. The van der Waals surface area contributed by atoms with E-state index in [-0.39, 0.29) is 22.3 Å². The van der Waals surface area contributed by atoms with E-state index in [9.17, 15) is 19.3 Å². The number of carbonyl (C=O) groups is 1. The third kappa shape index (κ3) is 3.85. The molecule has 0 aliphatic heterocycles. The maximum atomic E-state index is 13.0. The smallest absolute Gasteiger partial charge is 0.270 e. The Balaban J connectivity index is 2.06.